The first kappa shape index (κ1) is 17.2. The lowest BCUT2D eigenvalue weighted by atomic mass is 10.1. The maximum atomic E-state index is 12.4. The number of amidine groups is 1. The normalized spacial score (nSPS) is 16.1. The molecular formula is C20H16N2O4S. The summed E-state index contributed by atoms with van der Waals surface area (Å²) >= 11 is 0. The van der Waals surface area contributed by atoms with E-state index in [-0.39, 0.29) is 23.9 Å². The Hall–Kier alpha value is -3.19. The van der Waals surface area contributed by atoms with Gasteiger partial charge in [0, 0.05) is 5.56 Å². The zero-order chi connectivity index (χ0) is 18.9. The van der Waals surface area contributed by atoms with Crippen LogP contribution in [0.25, 0.3) is 10.8 Å². The van der Waals surface area contributed by atoms with Crippen LogP contribution < -0.4 is 4.72 Å². The maximum Gasteiger partial charge on any atom is 0.338 e. The van der Waals surface area contributed by atoms with Gasteiger partial charge in [0.25, 0.3) is 10.0 Å². The smallest absolute Gasteiger partial charge is 0.338 e. The van der Waals surface area contributed by atoms with Gasteiger partial charge in [-0.25, -0.2) is 13.2 Å². The molecule has 7 heteroatoms. The molecule has 136 valence electrons. The molecule has 1 N–H and O–H groups in total. The fourth-order valence-corrected chi connectivity index (χ4v) is 4.28. The number of ether oxygens (including phenoxy) is 1. The molecule has 6 nitrogen and oxygen atoms in total. The van der Waals surface area contributed by atoms with Gasteiger partial charge in [0.2, 0.25) is 0 Å². The summed E-state index contributed by atoms with van der Waals surface area (Å²) in [4.78, 5) is 16.8. The highest BCUT2D eigenvalue weighted by Crippen LogP contribution is 2.22. The van der Waals surface area contributed by atoms with Crippen LogP contribution in [0, 0.1) is 0 Å². The molecule has 0 spiro atoms. The van der Waals surface area contributed by atoms with Gasteiger partial charge < -0.3 is 4.74 Å². The van der Waals surface area contributed by atoms with Crippen molar-refractivity contribution in [2.75, 3.05) is 13.2 Å². The topological polar surface area (TPSA) is 84.8 Å². The van der Waals surface area contributed by atoms with E-state index in [1.54, 1.807) is 24.3 Å². The van der Waals surface area contributed by atoms with Gasteiger partial charge in [-0.3, -0.25) is 9.71 Å². The van der Waals surface area contributed by atoms with E-state index in [0.29, 0.717) is 11.1 Å². The molecular weight excluding hydrogens is 364 g/mol. The minimum atomic E-state index is -3.56. The lowest BCUT2D eigenvalue weighted by Gasteiger charge is -2.07. The van der Waals surface area contributed by atoms with Gasteiger partial charge in [-0.05, 0) is 29.0 Å². The number of aliphatic imine (C=N–C) groups is 1. The summed E-state index contributed by atoms with van der Waals surface area (Å²) in [6, 6.07) is 19.7. The lowest BCUT2D eigenvalue weighted by Crippen LogP contribution is -2.23. The Labute approximate surface area is 156 Å². The third-order valence-electron chi connectivity index (χ3n) is 4.27. The number of sulfonamides is 1. The molecule has 0 atom stereocenters. The van der Waals surface area contributed by atoms with E-state index in [0.717, 1.165) is 10.8 Å². The fraction of sp³-hybridized carbons (Fsp3) is 0.100. The first-order valence-electron chi connectivity index (χ1n) is 8.38. The number of hydrogen-bond acceptors (Lipinski definition) is 5. The monoisotopic (exact) mass is 380 g/mol. The number of benzene rings is 3. The molecule has 0 bridgehead atoms. The molecule has 27 heavy (non-hydrogen) atoms. The number of hydrogen-bond donors (Lipinski definition) is 1. The van der Waals surface area contributed by atoms with Gasteiger partial charge in [-0.1, -0.05) is 48.5 Å². The van der Waals surface area contributed by atoms with E-state index >= 15 is 0 Å². The molecule has 0 fully saturated rings. The highest BCUT2D eigenvalue weighted by molar-refractivity contribution is 7.90. The van der Waals surface area contributed by atoms with Crippen molar-refractivity contribution in [2.24, 2.45) is 4.99 Å². The third-order valence-corrected chi connectivity index (χ3v) is 5.66. The van der Waals surface area contributed by atoms with Crippen molar-refractivity contribution < 1.29 is 17.9 Å². The van der Waals surface area contributed by atoms with Crippen molar-refractivity contribution in [3.63, 3.8) is 0 Å². The van der Waals surface area contributed by atoms with Crippen molar-refractivity contribution in [1.82, 2.24) is 4.72 Å². The average Bonchev–Trinajstić information content (AvgIpc) is 2.95. The Morgan fingerprint density at radius 1 is 0.963 bits per heavy atom. The predicted molar refractivity (Wildman–Crippen MR) is 102 cm³/mol. The van der Waals surface area contributed by atoms with Crippen LogP contribution >= 0.6 is 0 Å². The summed E-state index contributed by atoms with van der Waals surface area (Å²) < 4.78 is 31.8. The van der Waals surface area contributed by atoms with Crippen LogP contribution in [0.15, 0.2) is 76.6 Å². The van der Waals surface area contributed by atoms with Crippen LogP contribution in [0.3, 0.4) is 0 Å². The Morgan fingerprint density at radius 2 is 1.70 bits per heavy atom. The van der Waals surface area contributed by atoms with Crippen LogP contribution in [0.2, 0.25) is 0 Å². The molecule has 4 rings (SSSR count). The highest BCUT2D eigenvalue weighted by atomic mass is 32.2. The Bertz CT molecular complexity index is 1160. The van der Waals surface area contributed by atoms with Crippen molar-refractivity contribution in [2.45, 2.75) is 4.90 Å². The molecule has 1 heterocycles. The molecule has 3 aromatic carbocycles. The zero-order valence-electron chi connectivity index (χ0n) is 14.3. The summed E-state index contributed by atoms with van der Waals surface area (Å²) in [6.07, 6.45) is 0. The molecule has 0 saturated heterocycles. The number of nitrogens with one attached hydrogen (secondary N) is 1. The van der Waals surface area contributed by atoms with Crippen LogP contribution in [-0.2, 0) is 14.8 Å². The SMILES string of the molecule is O=C(OCCN=C1NS(=O)(=O)c2ccccc21)c1cccc2ccccc12. The zero-order valence-corrected chi connectivity index (χ0v) is 15.1. The second-order valence-electron chi connectivity index (χ2n) is 5.99. The summed E-state index contributed by atoms with van der Waals surface area (Å²) in [5.41, 5.74) is 1.02. The molecule has 0 aliphatic carbocycles. The Balaban J connectivity index is 1.45. The van der Waals surface area contributed by atoms with Gasteiger partial charge in [-0.15, -0.1) is 0 Å². The third kappa shape index (κ3) is 3.29. The number of esters is 1. The number of rotatable bonds is 4. The molecule has 0 radical (unpaired) electrons. The number of carbonyl (C=O) groups excluding carboxylic acids is 1. The number of fused-ring (bicyclic) bond motifs is 2. The Kier molecular flexibility index (Phi) is 4.37. The van der Waals surface area contributed by atoms with E-state index in [9.17, 15) is 13.2 Å². The first-order valence-corrected chi connectivity index (χ1v) is 9.86. The van der Waals surface area contributed by atoms with E-state index in [1.807, 2.05) is 36.4 Å². The summed E-state index contributed by atoms with van der Waals surface area (Å²) in [7, 11) is -3.56. The van der Waals surface area contributed by atoms with Gasteiger partial charge in [0.15, 0.2) is 0 Å². The molecule has 1 aliphatic heterocycles. The van der Waals surface area contributed by atoms with Crippen molar-refractivity contribution in [3.05, 3.63) is 77.9 Å². The lowest BCUT2D eigenvalue weighted by molar-refractivity contribution is 0.0519. The molecule has 3 aromatic rings. The van der Waals surface area contributed by atoms with Crippen molar-refractivity contribution in [1.29, 1.82) is 0 Å². The summed E-state index contributed by atoms with van der Waals surface area (Å²) in [5.74, 6) is -0.161. The quantitative estimate of drug-likeness (QED) is 0.557. The van der Waals surface area contributed by atoms with E-state index in [2.05, 4.69) is 9.71 Å². The van der Waals surface area contributed by atoms with Gasteiger partial charge in [0.1, 0.15) is 12.4 Å². The molecule has 1 aliphatic rings. The first-order chi connectivity index (χ1) is 13.1. The van der Waals surface area contributed by atoms with Crippen molar-refractivity contribution >= 4 is 32.6 Å². The molecule has 0 saturated carbocycles. The highest BCUT2D eigenvalue weighted by Gasteiger charge is 2.29. The maximum absolute atomic E-state index is 12.4. The van der Waals surface area contributed by atoms with E-state index < -0.39 is 16.0 Å². The summed E-state index contributed by atoms with van der Waals surface area (Å²) in [5, 5.41) is 1.79. The molecule has 0 amide bonds. The van der Waals surface area contributed by atoms with Crippen LogP contribution in [0.5, 0.6) is 0 Å². The standard InChI is InChI=1S/C20H16N2O4S/c23-20(16-10-5-7-14-6-1-2-8-15(14)16)26-13-12-21-19-17-9-3-4-11-18(17)27(24,25)22-19/h1-11H,12-13H2,(H,21,22). The number of carbonyl (C=O) groups is 1. The Morgan fingerprint density at radius 3 is 2.59 bits per heavy atom. The number of nitrogens with zero attached hydrogens (tertiary/aromatic N) is 1. The average molecular weight is 380 g/mol. The minimum Gasteiger partial charge on any atom is -0.460 e. The second-order valence-corrected chi connectivity index (χ2v) is 7.65. The largest absolute Gasteiger partial charge is 0.460 e. The van der Waals surface area contributed by atoms with Gasteiger partial charge in [-0.2, -0.15) is 0 Å². The summed E-state index contributed by atoms with van der Waals surface area (Å²) in [6.45, 7) is 0.206. The van der Waals surface area contributed by atoms with E-state index in [1.165, 1.54) is 6.07 Å². The minimum absolute atomic E-state index is 0.0510. The van der Waals surface area contributed by atoms with Crippen molar-refractivity contribution in [3.8, 4) is 0 Å². The van der Waals surface area contributed by atoms with Crippen LogP contribution in [0.1, 0.15) is 15.9 Å². The fourth-order valence-electron chi connectivity index (χ4n) is 3.03. The van der Waals surface area contributed by atoms with Crippen LogP contribution in [-0.4, -0.2) is 33.4 Å². The van der Waals surface area contributed by atoms with E-state index in [4.69, 9.17) is 4.74 Å². The molecule has 0 aromatic heterocycles. The van der Waals surface area contributed by atoms with Gasteiger partial charge in [0.05, 0.1) is 17.0 Å². The molecule has 0 unspecified atom stereocenters. The van der Waals surface area contributed by atoms with Crippen LogP contribution in [0.4, 0.5) is 0 Å². The second kappa shape index (κ2) is 6.85. The predicted octanol–water partition coefficient (Wildman–Crippen LogP) is 2.74. The van der Waals surface area contributed by atoms with Gasteiger partial charge >= 0.3 is 5.97 Å².